The summed E-state index contributed by atoms with van der Waals surface area (Å²) in [6.45, 7) is 1.99. The number of anilines is 2. The molecule has 0 saturated heterocycles. The molecule has 3 N–H and O–H groups in total. The topological polar surface area (TPSA) is 137 Å². The molecule has 0 saturated carbocycles. The summed E-state index contributed by atoms with van der Waals surface area (Å²) in [5, 5.41) is 9.74. The highest BCUT2D eigenvalue weighted by Crippen LogP contribution is 2.35. The summed E-state index contributed by atoms with van der Waals surface area (Å²) >= 11 is 5.97. The van der Waals surface area contributed by atoms with Crippen molar-refractivity contribution in [3.8, 4) is 22.6 Å². The first-order valence-corrected chi connectivity index (χ1v) is 11.9. The van der Waals surface area contributed by atoms with E-state index in [0.29, 0.717) is 22.9 Å². The number of pyridine rings is 1. The number of nitrogens with one attached hydrogen (secondary N) is 3. The molecule has 0 bridgehead atoms. The summed E-state index contributed by atoms with van der Waals surface area (Å²) in [6.07, 6.45) is 3.45. The van der Waals surface area contributed by atoms with Crippen molar-refractivity contribution in [2.24, 2.45) is 5.11 Å². The molecule has 0 aliphatic carbocycles. The van der Waals surface area contributed by atoms with Crippen LogP contribution >= 0.6 is 11.6 Å². The van der Waals surface area contributed by atoms with Gasteiger partial charge in [-0.05, 0) is 71.6 Å². The number of hydrogen-bond acceptors (Lipinski definition) is 6. The molecule has 0 radical (unpaired) electrons. The van der Waals surface area contributed by atoms with E-state index in [1.807, 2.05) is 31.2 Å². The van der Waals surface area contributed by atoms with Gasteiger partial charge in [0.05, 0.1) is 12.6 Å². The zero-order chi connectivity index (χ0) is 26.6. The van der Waals surface area contributed by atoms with Gasteiger partial charge in [0.1, 0.15) is 17.3 Å². The zero-order valence-corrected chi connectivity index (χ0v) is 20.8. The second-order valence-corrected chi connectivity index (χ2v) is 8.96. The molecule has 1 amide bonds. The second-order valence-electron chi connectivity index (χ2n) is 8.52. The van der Waals surface area contributed by atoms with Gasteiger partial charge in [-0.15, -0.1) is 0 Å². The van der Waals surface area contributed by atoms with Crippen LogP contribution in [0.2, 0.25) is 5.02 Å². The first-order valence-electron chi connectivity index (χ1n) is 11.5. The van der Waals surface area contributed by atoms with Crippen LogP contribution in [0.4, 0.5) is 15.9 Å². The highest BCUT2D eigenvalue weighted by molar-refractivity contribution is 6.30. The van der Waals surface area contributed by atoms with E-state index >= 15 is 0 Å². The van der Waals surface area contributed by atoms with Gasteiger partial charge in [0, 0.05) is 39.6 Å². The molecule has 0 unspecified atom stereocenters. The van der Waals surface area contributed by atoms with Crippen molar-refractivity contribution in [2.45, 2.75) is 13.0 Å². The first kappa shape index (κ1) is 24.9. The van der Waals surface area contributed by atoms with E-state index in [1.165, 1.54) is 12.1 Å². The molecule has 3 heterocycles. The molecule has 0 spiro atoms. The third kappa shape index (κ3) is 5.49. The van der Waals surface area contributed by atoms with Crippen LogP contribution in [0.25, 0.3) is 21.6 Å². The predicted molar refractivity (Wildman–Crippen MR) is 140 cm³/mol. The molecular formula is C26H21ClFN7O3. The number of aryl methyl sites for hydroxylation is 1. The summed E-state index contributed by atoms with van der Waals surface area (Å²) in [5.74, 6) is 0.929. The number of ether oxygens (including phenoxy) is 2. The van der Waals surface area contributed by atoms with Gasteiger partial charge in [0.25, 0.3) is 5.91 Å². The molecule has 10 nitrogen and oxygen atoms in total. The summed E-state index contributed by atoms with van der Waals surface area (Å²) in [7, 11) is 0. The fourth-order valence-electron chi connectivity index (χ4n) is 4.07. The van der Waals surface area contributed by atoms with Crippen LogP contribution < -0.4 is 20.1 Å². The van der Waals surface area contributed by atoms with Gasteiger partial charge < -0.3 is 25.1 Å². The Labute approximate surface area is 221 Å². The largest absolute Gasteiger partial charge is 0.454 e. The van der Waals surface area contributed by atoms with Crippen molar-refractivity contribution in [2.75, 3.05) is 18.7 Å². The van der Waals surface area contributed by atoms with Crippen molar-refractivity contribution >= 4 is 29.0 Å². The van der Waals surface area contributed by atoms with E-state index in [9.17, 15) is 9.18 Å². The summed E-state index contributed by atoms with van der Waals surface area (Å²) in [5.41, 5.74) is 12.7. The SMILES string of the molecule is Cc1cnc(Nc2ccc3c(c2)OCO3)cc1-c1c[nH]c(C(=O)N[C@H](CN=[N+]=[N-])c2cc(F)cc(Cl)c2)c1. The van der Waals surface area contributed by atoms with Crippen LogP contribution in [-0.2, 0) is 0 Å². The number of rotatable bonds is 8. The highest BCUT2D eigenvalue weighted by Gasteiger charge is 2.19. The maximum absolute atomic E-state index is 13.9. The Hall–Kier alpha value is -4.73. The number of halogens is 2. The molecule has 0 fully saturated rings. The lowest BCUT2D eigenvalue weighted by atomic mass is 10.0. The van der Waals surface area contributed by atoms with E-state index in [0.717, 1.165) is 28.4 Å². The Kier molecular flexibility index (Phi) is 7.03. The molecule has 38 heavy (non-hydrogen) atoms. The number of nitrogens with zero attached hydrogens (tertiary/aromatic N) is 4. The fraction of sp³-hybridized carbons (Fsp3) is 0.154. The molecule has 5 rings (SSSR count). The van der Waals surface area contributed by atoms with Crippen LogP contribution in [0.15, 0.2) is 66.0 Å². The van der Waals surface area contributed by atoms with E-state index in [-0.39, 0.29) is 24.1 Å². The van der Waals surface area contributed by atoms with Crippen molar-refractivity contribution in [1.82, 2.24) is 15.3 Å². The van der Waals surface area contributed by atoms with Gasteiger partial charge in [-0.3, -0.25) is 4.79 Å². The number of amides is 1. The molecule has 1 aliphatic heterocycles. The van der Waals surface area contributed by atoms with Crippen LogP contribution in [-0.4, -0.2) is 29.2 Å². The summed E-state index contributed by atoms with van der Waals surface area (Å²) < 4.78 is 24.7. The minimum Gasteiger partial charge on any atom is -0.454 e. The predicted octanol–water partition coefficient (Wildman–Crippen LogP) is 6.43. The van der Waals surface area contributed by atoms with Crippen LogP contribution in [0.3, 0.4) is 0 Å². The normalized spacial score (nSPS) is 12.5. The van der Waals surface area contributed by atoms with Crippen LogP contribution in [0.1, 0.15) is 27.7 Å². The molecule has 1 aliphatic rings. The second kappa shape index (κ2) is 10.7. The number of hydrogen-bond donors (Lipinski definition) is 3. The molecule has 2 aromatic carbocycles. The Morgan fingerprint density at radius 2 is 2.08 bits per heavy atom. The van der Waals surface area contributed by atoms with Gasteiger partial charge in [-0.2, -0.15) is 0 Å². The maximum atomic E-state index is 13.9. The Morgan fingerprint density at radius 3 is 2.89 bits per heavy atom. The van der Waals surface area contributed by atoms with E-state index in [4.69, 9.17) is 26.6 Å². The lowest BCUT2D eigenvalue weighted by molar-refractivity contribution is 0.0933. The number of fused-ring (bicyclic) bond motifs is 1. The van der Waals surface area contributed by atoms with Crippen molar-refractivity contribution in [3.05, 3.63) is 99.0 Å². The van der Waals surface area contributed by atoms with Gasteiger partial charge >= 0.3 is 0 Å². The van der Waals surface area contributed by atoms with Gasteiger partial charge in [0.2, 0.25) is 6.79 Å². The Morgan fingerprint density at radius 1 is 1.24 bits per heavy atom. The van der Waals surface area contributed by atoms with Gasteiger partial charge in [-0.25, -0.2) is 9.37 Å². The quantitative estimate of drug-likeness (QED) is 0.136. The highest BCUT2D eigenvalue weighted by atomic mass is 35.5. The molecule has 1 atom stereocenters. The maximum Gasteiger partial charge on any atom is 0.268 e. The third-order valence-electron chi connectivity index (χ3n) is 5.91. The number of H-pyrrole nitrogens is 1. The molecule has 2 aromatic heterocycles. The number of carbonyl (C=O) groups excluding carboxylic acids is 1. The number of aromatic nitrogens is 2. The molecular weight excluding hydrogens is 513 g/mol. The minimum atomic E-state index is -0.779. The van der Waals surface area contributed by atoms with E-state index < -0.39 is 17.8 Å². The van der Waals surface area contributed by atoms with Crippen LogP contribution in [0, 0.1) is 12.7 Å². The van der Waals surface area contributed by atoms with Crippen LogP contribution in [0.5, 0.6) is 11.5 Å². The number of carbonyl (C=O) groups is 1. The molecule has 12 heteroatoms. The lowest BCUT2D eigenvalue weighted by Gasteiger charge is -2.17. The summed E-state index contributed by atoms with van der Waals surface area (Å²) in [6, 6.07) is 12.2. The molecule has 192 valence electrons. The van der Waals surface area contributed by atoms with E-state index in [1.54, 1.807) is 18.5 Å². The van der Waals surface area contributed by atoms with Gasteiger partial charge in [-0.1, -0.05) is 16.7 Å². The average Bonchev–Trinajstić information content (AvgIpc) is 3.57. The average molecular weight is 534 g/mol. The fourth-order valence-corrected chi connectivity index (χ4v) is 4.30. The number of benzene rings is 2. The van der Waals surface area contributed by atoms with Crippen molar-refractivity contribution in [3.63, 3.8) is 0 Å². The third-order valence-corrected chi connectivity index (χ3v) is 6.13. The number of aromatic amines is 1. The van der Waals surface area contributed by atoms with Crippen molar-refractivity contribution < 1.29 is 18.7 Å². The monoisotopic (exact) mass is 533 g/mol. The zero-order valence-electron chi connectivity index (χ0n) is 20.0. The smallest absolute Gasteiger partial charge is 0.268 e. The molecule has 4 aromatic rings. The van der Waals surface area contributed by atoms with Gasteiger partial charge in [0.15, 0.2) is 11.5 Å². The number of azide groups is 1. The van der Waals surface area contributed by atoms with E-state index in [2.05, 4.69) is 30.6 Å². The minimum absolute atomic E-state index is 0.117. The summed E-state index contributed by atoms with van der Waals surface area (Å²) in [4.78, 5) is 23.2. The Balaban J connectivity index is 1.35. The Bertz CT molecular complexity index is 1550. The standard InChI is InChI=1S/C26H21ClFN7O3/c1-14-10-31-25(33-19-2-3-23-24(8-19)38-13-37-23)9-20(14)16-6-21(30-11-16)26(36)34-22(12-32-35-29)15-4-17(27)7-18(28)5-15/h2-11,22,30H,12-13H2,1H3,(H,31,33)(H,34,36)/t22-/m1/s1. The lowest BCUT2D eigenvalue weighted by Crippen LogP contribution is -2.30. The van der Waals surface area contributed by atoms with Crippen molar-refractivity contribution in [1.29, 1.82) is 0 Å². The first-order chi connectivity index (χ1) is 18.4.